The van der Waals surface area contributed by atoms with Gasteiger partial charge in [-0.15, -0.1) is 0 Å². The maximum absolute atomic E-state index is 5.44. The van der Waals surface area contributed by atoms with Gasteiger partial charge in [0.05, 0.1) is 0 Å². The number of hydrogen-bond acceptors (Lipinski definition) is 1. The van der Waals surface area contributed by atoms with Gasteiger partial charge >= 0.3 is 30.0 Å². The second-order valence-electron chi connectivity index (χ2n) is 5.44. The molecule has 0 unspecified atom stereocenters. The van der Waals surface area contributed by atoms with E-state index >= 15 is 0 Å². The van der Waals surface area contributed by atoms with Crippen molar-refractivity contribution in [2.45, 2.75) is 52.9 Å². The van der Waals surface area contributed by atoms with Crippen LogP contribution in [-0.2, 0) is 21.1 Å². The molecular weight excluding hydrogens is 317 g/mol. The fraction of sp³-hybridized carbons (Fsp3) is 0.846. The number of hydrogen-bond donors (Lipinski definition) is 0. The van der Waals surface area contributed by atoms with E-state index in [0.717, 1.165) is 12.5 Å². The topological polar surface area (TPSA) is 9.23 Å². The van der Waals surface area contributed by atoms with Crippen LogP contribution in [0.2, 0.25) is 0 Å². The van der Waals surface area contributed by atoms with E-state index in [-0.39, 0.29) is 5.41 Å². The van der Waals surface area contributed by atoms with Crippen LogP contribution in [0.4, 0.5) is 0 Å². The predicted molar refractivity (Wildman–Crippen MR) is 68.7 cm³/mol. The Morgan fingerprint density at radius 3 is 2.31 bits per heavy atom. The minimum atomic E-state index is 0.187. The monoisotopic (exact) mass is 338 g/mol. The molecule has 0 radical (unpaired) electrons. The van der Waals surface area contributed by atoms with E-state index in [1.807, 2.05) is 6.08 Å². The summed E-state index contributed by atoms with van der Waals surface area (Å²) >= 11 is 4.25. The molecule has 1 fully saturated rings. The van der Waals surface area contributed by atoms with E-state index < -0.39 is 0 Å². The van der Waals surface area contributed by atoms with Crippen LogP contribution in [-0.4, -0.2) is 6.61 Å². The average molecular weight is 341 g/mol. The molecule has 0 spiro atoms. The molecule has 0 aromatic carbocycles. The van der Waals surface area contributed by atoms with E-state index in [0.29, 0.717) is 0 Å². The van der Waals surface area contributed by atoms with Gasteiger partial charge in [-0.1, -0.05) is 40.0 Å². The van der Waals surface area contributed by atoms with E-state index in [1.54, 1.807) is 0 Å². The molecule has 0 saturated heterocycles. The summed E-state index contributed by atoms with van der Waals surface area (Å²) in [7, 11) is 0. The third-order valence-electron chi connectivity index (χ3n) is 2.62. The van der Waals surface area contributed by atoms with Crippen molar-refractivity contribution in [3.8, 4) is 0 Å². The molecule has 1 aliphatic carbocycles. The first-order chi connectivity index (χ1) is 7.58. The van der Waals surface area contributed by atoms with E-state index in [1.165, 1.54) is 48.4 Å². The zero-order valence-electron chi connectivity index (χ0n) is 10.9. The van der Waals surface area contributed by atoms with Crippen LogP contribution in [0.5, 0.6) is 0 Å². The second-order valence-corrected chi connectivity index (χ2v) is 5.44. The first-order valence-electron chi connectivity index (χ1n) is 6.06. The third-order valence-corrected chi connectivity index (χ3v) is 2.62. The molecule has 0 aromatic rings. The Hall–Kier alpha value is 0.643. The molecule has 0 aliphatic heterocycles. The molecule has 0 amide bonds. The van der Waals surface area contributed by atoms with Gasteiger partial charge in [-0.3, -0.25) is 0 Å². The van der Waals surface area contributed by atoms with Crippen LogP contribution >= 0.6 is 13.6 Å². The van der Waals surface area contributed by atoms with Crippen molar-refractivity contribution >= 4 is 13.6 Å². The molecule has 1 nitrogen and oxygen atoms in total. The van der Waals surface area contributed by atoms with Crippen LogP contribution in [0, 0.1) is 17.6 Å². The Morgan fingerprint density at radius 1 is 1.25 bits per heavy atom. The Bertz CT molecular complexity index is 181. The Morgan fingerprint density at radius 2 is 1.81 bits per heavy atom. The normalized spacial score (nSPS) is 18.1. The van der Waals surface area contributed by atoms with Gasteiger partial charge in [0.2, 0.25) is 0 Å². The summed E-state index contributed by atoms with van der Waals surface area (Å²) in [5.41, 5.74) is 0.187. The van der Waals surface area contributed by atoms with Crippen molar-refractivity contribution in [2.24, 2.45) is 11.3 Å². The fourth-order valence-electron chi connectivity index (χ4n) is 1.74. The molecule has 0 N–H and O–H groups in total. The van der Waals surface area contributed by atoms with Crippen molar-refractivity contribution in [3.63, 3.8) is 0 Å². The SMILES string of the molecule is CC(C)(C)C=[C-]OCC1CCCCC1.[Zn+][Br]. The van der Waals surface area contributed by atoms with Gasteiger partial charge in [-0.2, -0.15) is 0 Å². The molecule has 16 heavy (non-hydrogen) atoms. The number of rotatable bonds is 3. The quantitative estimate of drug-likeness (QED) is 0.408. The van der Waals surface area contributed by atoms with Gasteiger partial charge in [0.15, 0.2) is 0 Å². The van der Waals surface area contributed by atoms with Crippen LogP contribution < -0.4 is 0 Å². The minimum absolute atomic E-state index is 0.187. The molecule has 1 rings (SSSR count). The van der Waals surface area contributed by atoms with Gasteiger partial charge in [0.25, 0.3) is 0 Å². The predicted octanol–water partition coefficient (Wildman–Crippen LogP) is 4.79. The van der Waals surface area contributed by atoms with Crippen molar-refractivity contribution in [1.29, 1.82) is 0 Å². The standard InChI is InChI=1S/C13H23O.BrH.Zn/c1-13(2,3)9-10-14-11-12-7-5-4-6-8-12;;/h9,12H,4-8,11H2,1-3H3;1H;/q-1;;+2/p-1. The van der Waals surface area contributed by atoms with Crippen LogP contribution in [0.3, 0.4) is 0 Å². The Balaban J connectivity index is 0.00000106. The Kier molecular flexibility index (Phi) is 10.0. The number of ether oxygens (including phenoxy) is 1. The molecule has 0 atom stereocenters. The third kappa shape index (κ3) is 9.84. The van der Waals surface area contributed by atoms with E-state index in [4.69, 9.17) is 4.74 Å². The van der Waals surface area contributed by atoms with Crippen molar-refractivity contribution < 1.29 is 21.1 Å². The van der Waals surface area contributed by atoms with Crippen molar-refractivity contribution in [2.75, 3.05) is 6.61 Å². The summed E-state index contributed by atoms with van der Waals surface area (Å²) in [4.78, 5) is 0. The van der Waals surface area contributed by atoms with Gasteiger partial charge in [0.1, 0.15) is 0 Å². The van der Waals surface area contributed by atoms with Crippen LogP contribution in [0.15, 0.2) is 6.08 Å². The molecule has 90 valence electrons. The molecule has 1 aliphatic rings. The molecule has 3 heteroatoms. The summed E-state index contributed by atoms with van der Waals surface area (Å²) in [5.74, 6) is 0.782. The molecule has 0 aromatic heterocycles. The van der Waals surface area contributed by atoms with Gasteiger partial charge in [-0.25, -0.2) is 6.08 Å². The summed E-state index contributed by atoms with van der Waals surface area (Å²) in [6.07, 6.45) is 11.8. The van der Waals surface area contributed by atoms with E-state index in [9.17, 15) is 0 Å². The van der Waals surface area contributed by atoms with Crippen LogP contribution in [0.25, 0.3) is 0 Å². The first-order valence-corrected chi connectivity index (χ1v) is 13.0. The zero-order chi connectivity index (χ0) is 12.4. The van der Waals surface area contributed by atoms with E-state index in [2.05, 4.69) is 40.7 Å². The average Bonchev–Trinajstić information content (AvgIpc) is 2.28. The summed E-state index contributed by atoms with van der Waals surface area (Å²) in [6, 6.07) is 0. The molecule has 1 saturated carbocycles. The number of allylic oxidation sites excluding steroid dienone is 1. The van der Waals surface area contributed by atoms with Gasteiger partial charge in [-0.05, 0) is 24.2 Å². The van der Waals surface area contributed by atoms with Crippen LogP contribution in [0.1, 0.15) is 52.9 Å². The number of halogens is 1. The molecular formula is C13H23BrOZn. The Labute approximate surface area is 117 Å². The maximum atomic E-state index is 5.44. The molecule has 0 heterocycles. The van der Waals surface area contributed by atoms with Gasteiger partial charge in [0, 0.05) is 6.61 Å². The second kappa shape index (κ2) is 9.65. The summed E-state index contributed by atoms with van der Waals surface area (Å²) in [6.45, 7) is 7.34. The zero-order valence-corrected chi connectivity index (χ0v) is 15.4. The van der Waals surface area contributed by atoms with Gasteiger partial charge < -0.3 is 11.0 Å². The fourth-order valence-corrected chi connectivity index (χ4v) is 1.74. The first kappa shape index (κ1) is 16.6. The van der Waals surface area contributed by atoms with Crippen molar-refractivity contribution in [3.05, 3.63) is 12.3 Å². The summed E-state index contributed by atoms with van der Waals surface area (Å²) < 4.78 is 5.44. The summed E-state index contributed by atoms with van der Waals surface area (Å²) in [5, 5.41) is 0. The molecule has 0 bridgehead atoms. The van der Waals surface area contributed by atoms with Crippen molar-refractivity contribution in [1.82, 2.24) is 0 Å².